The number of benzene rings is 2. The lowest BCUT2D eigenvalue weighted by Crippen LogP contribution is -2.46. The summed E-state index contributed by atoms with van der Waals surface area (Å²) in [6.07, 6.45) is 1.70. The van der Waals surface area contributed by atoms with Crippen molar-refractivity contribution < 1.29 is 17.6 Å². The second kappa shape index (κ2) is 10.9. The number of hydrazone groups is 1. The van der Waals surface area contributed by atoms with Crippen molar-refractivity contribution in [1.29, 1.82) is 0 Å². The van der Waals surface area contributed by atoms with E-state index in [4.69, 9.17) is 4.42 Å². The molecule has 0 radical (unpaired) electrons. The number of furan rings is 1. The number of aryl methyl sites for hydroxylation is 1. The van der Waals surface area contributed by atoms with Crippen molar-refractivity contribution in [3.8, 4) is 11.3 Å². The summed E-state index contributed by atoms with van der Waals surface area (Å²) in [5, 5.41) is 3.94. The van der Waals surface area contributed by atoms with Crippen molar-refractivity contribution in [3.63, 3.8) is 0 Å². The lowest BCUT2D eigenvalue weighted by Gasteiger charge is -2.19. The average molecular weight is 532 g/mol. The summed E-state index contributed by atoms with van der Waals surface area (Å²) in [7, 11) is -3.86. The molecule has 9 heteroatoms. The molecule has 2 aromatic carbocycles. The molecule has 33 heavy (non-hydrogen) atoms. The van der Waals surface area contributed by atoms with Crippen LogP contribution in [-0.2, 0) is 14.8 Å². The molecule has 0 aliphatic carbocycles. The Balaban J connectivity index is 1.67. The van der Waals surface area contributed by atoms with E-state index < -0.39 is 22.0 Å². The fourth-order valence-corrected chi connectivity index (χ4v) is 4.55. The van der Waals surface area contributed by atoms with E-state index in [0.29, 0.717) is 17.9 Å². The molecule has 1 atom stereocenters. The summed E-state index contributed by atoms with van der Waals surface area (Å²) in [6.45, 7) is 5.70. The van der Waals surface area contributed by atoms with Gasteiger partial charge in [0.05, 0.1) is 11.1 Å². The normalized spacial score (nSPS) is 12.9. The third kappa shape index (κ3) is 7.12. The highest BCUT2D eigenvalue weighted by atomic mass is 79.9. The van der Waals surface area contributed by atoms with Crippen LogP contribution in [0.3, 0.4) is 0 Å². The predicted octanol–water partition coefficient (Wildman–Crippen LogP) is 4.86. The van der Waals surface area contributed by atoms with Gasteiger partial charge in [-0.3, -0.25) is 4.79 Å². The third-order valence-electron chi connectivity index (χ3n) is 4.77. The Labute approximate surface area is 202 Å². The van der Waals surface area contributed by atoms with Crippen molar-refractivity contribution in [1.82, 2.24) is 10.1 Å². The second-order valence-corrected chi connectivity index (χ2v) is 10.7. The lowest BCUT2D eigenvalue weighted by atomic mass is 10.0. The summed E-state index contributed by atoms with van der Waals surface area (Å²) in [5.41, 5.74) is 4.27. The molecule has 7 nitrogen and oxygen atoms in total. The van der Waals surface area contributed by atoms with Crippen LogP contribution in [0.2, 0.25) is 0 Å². The van der Waals surface area contributed by atoms with Gasteiger partial charge < -0.3 is 4.42 Å². The van der Waals surface area contributed by atoms with Gasteiger partial charge in [-0.1, -0.05) is 59.6 Å². The van der Waals surface area contributed by atoms with Gasteiger partial charge in [-0.2, -0.15) is 9.82 Å². The molecule has 0 aliphatic heterocycles. The minimum absolute atomic E-state index is 0.0870. The van der Waals surface area contributed by atoms with Gasteiger partial charge in [0.15, 0.2) is 0 Å². The second-order valence-electron chi connectivity index (χ2n) is 8.06. The topological polar surface area (TPSA) is 101 Å². The van der Waals surface area contributed by atoms with Gasteiger partial charge in [0.2, 0.25) is 10.0 Å². The van der Waals surface area contributed by atoms with E-state index >= 15 is 0 Å². The molecule has 3 aromatic rings. The first-order valence-corrected chi connectivity index (χ1v) is 12.7. The SMILES string of the molecule is Cc1ccc(S(=O)(=O)N[C@H](CC(C)C)C(=O)N/N=C\c2ccc(-c3ccc(Br)cc3)o2)cc1. The highest BCUT2D eigenvalue weighted by molar-refractivity contribution is 9.10. The average Bonchev–Trinajstić information content (AvgIpc) is 3.22. The molecule has 3 rings (SSSR count). The summed E-state index contributed by atoms with van der Waals surface area (Å²) in [6, 6.07) is 16.7. The quantitative estimate of drug-likeness (QED) is 0.304. The number of hydrogen-bond donors (Lipinski definition) is 2. The standard InChI is InChI=1S/C24H26BrN3O4S/c1-16(2)14-22(28-33(30,31)21-11-4-17(3)5-12-21)24(29)27-26-15-20-10-13-23(32-20)18-6-8-19(25)9-7-18/h4-13,15-16,22,28H,14H2,1-3H3,(H,27,29)/b26-15-/t22-/m1/s1. The third-order valence-corrected chi connectivity index (χ3v) is 6.79. The molecule has 174 valence electrons. The number of carbonyl (C=O) groups excluding carboxylic acids is 1. The Morgan fingerprint density at radius 1 is 1.06 bits per heavy atom. The molecule has 1 amide bonds. The van der Waals surface area contributed by atoms with Crippen LogP contribution in [-0.4, -0.2) is 26.6 Å². The molecule has 0 saturated carbocycles. The number of carbonyl (C=O) groups is 1. The van der Waals surface area contributed by atoms with Crippen LogP contribution < -0.4 is 10.1 Å². The summed E-state index contributed by atoms with van der Waals surface area (Å²) < 4.78 is 34.7. The number of nitrogens with one attached hydrogen (secondary N) is 2. The van der Waals surface area contributed by atoms with Gasteiger partial charge in [-0.05, 0) is 55.7 Å². The van der Waals surface area contributed by atoms with Gasteiger partial charge in [-0.15, -0.1) is 0 Å². The fraction of sp³-hybridized carbons (Fsp3) is 0.250. The van der Waals surface area contributed by atoms with Gasteiger partial charge in [0.1, 0.15) is 17.6 Å². The molecule has 0 fully saturated rings. The van der Waals surface area contributed by atoms with Crippen molar-refractivity contribution in [2.24, 2.45) is 11.0 Å². The minimum atomic E-state index is -3.86. The van der Waals surface area contributed by atoms with Crippen molar-refractivity contribution in [2.75, 3.05) is 0 Å². The monoisotopic (exact) mass is 531 g/mol. The van der Waals surface area contributed by atoms with Crippen LogP contribution >= 0.6 is 15.9 Å². The number of halogens is 1. The number of sulfonamides is 1. The molecule has 0 spiro atoms. The fourth-order valence-electron chi connectivity index (χ4n) is 3.08. The van der Waals surface area contributed by atoms with E-state index in [2.05, 4.69) is 31.2 Å². The van der Waals surface area contributed by atoms with E-state index in [1.54, 1.807) is 18.2 Å². The summed E-state index contributed by atoms with van der Waals surface area (Å²) in [5.74, 6) is 0.659. The van der Waals surface area contributed by atoms with Crippen molar-refractivity contribution in [2.45, 2.75) is 38.1 Å². The number of nitrogens with zero attached hydrogens (tertiary/aromatic N) is 1. The first kappa shape index (κ1) is 24.9. The van der Waals surface area contributed by atoms with Crippen LogP contribution in [0.25, 0.3) is 11.3 Å². The summed E-state index contributed by atoms with van der Waals surface area (Å²) in [4.78, 5) is 12.8. The van der Waals surface area contributed by atoms with E-state index in [1.807, 2.05) is 51.1 Å². The van der Waals surface area contributed by atoms with Crippen LogP contribution in [0.1, 0.15) is 31.6 Å². The van der Waals surface area contributed by atoms with Crippen LogP contribution in [0.15, 0.2) is 79.6 Å². The van der Waals surface area contributed by atoms with E-state index in [1.165, 1.54) is 18.3 Å². The van der Waals surface area contributed by atoms with Crippen LogP contribution in [0.5, 0.6) is 0 Å². The van der Waals surface area contributed by atoms with E-state index in [9.17, 15) is 13.2 Å². The Kier molecular flexibility index (Phi) is 8.23. The largest absolute Gasteiger partial charge is 0.455 e. The first-order chi connectivity index (χ1) is 15.6. The van der Waals surface area contributed by atoms with Crippen molar-refractivity contribution >= 4 is 38.1 Å². The maximum atomic E-state index is 12.7. The molecule has 1 aromatic heterocycles. The maximum absolute atomic E-state index is 12.7. The lowest BCUT2D eigenvalue weighted by molar-refractivity contribution is -0.123. The smallest absolute Gasteiger partial charge is 0.258 e. The van der Waals surface area contributed by atoms with Gasteiger partial charge in [0, 0.05) is 10.0 Å². The summed E-state index contributed by atoms with van der Waals surface area (Å²) >= 11 is 3.40. The van der Waals surface area contributed by atoms with Gasteiger partial charge >= 0.3 is 0 Å². The first-order valence-electron chi connectivity index (χ1n) is 10.4. The number of rotatable bonds is 9. The highest BCUT2D eigenvalue weighted by Crippen LogP contribution is 2.23. The molecular formula is C24H26BrN3O4S. The highest BCUT2D eigenvalue weighted by Gasteiger charge is 2.26. The molecule has 0 saturated heterocycles. The van der Waals surface area contributed by atoms with Crippen LogP contribution in [0.4, 0.5) is 0 Å². The van der Waals surface area contributed by atoms with E-state index in [-0.39, 0.29) is 10.8 Å². The number of amides is 1. The maximum Gasteiger partial charge on any atom is 0.258 e. The number of hydrogen-bond acceptors (Lipinski definition) is 5. The minimum Gasteiger partial charge on any atom is -0.455 e. The Morgan fingerprint density at radius 3 is 2.36 bits per heavy atom. The molecule has 2 N–H and O–H groups in total. The Morgan fingerprint density at radius 2 is 1.73 bits per heavy atom. The molecule has 0 aliphatic rings. The molecular weight excluding hydrogens is 506 g/mol. The van der Waals surface area contributed by atoms with Crippen LogP contribution in [0, 0.1) is 12.8 Å². The zero-order valence-corrected chi connectivity index (χ0v) is 21.0. The van der Waals surface area contributed by atoms with Crippen molar-refractivity contribution in [3.05, 3.63) is 76.5 Å². The van der Waals surface area contributed by atoms with Gasteiger partial charge in [0.25, 0.3) is 5.91 Å². The predicted molar refractivity (Wildman–Crippen MR) is 132 cm³/mol. The molecule has 0 bridgehead atoms. The molecule has 0 unspecified atom stereocenters. The van der Waals surface area contributed by atoms with E-state index in [0.717, 1.165) is 15.6 Å². The molecule has 1 heterocycles. The van der Waals surface area contributed by atoms with Gasteiger partial charge in [-0.25, -0.2) is 13.8 Å². The zero-order chi connectivity index (χ0) is 24.0. The zero-order valence-electron chi connectivity index (χ0n) is 18.6. The Hall–Kier alpha value is -2.75. The Bertz CT molecular complexity index is 1220.